The topological polar surface area (TPSA) is 91.9 Å². The number of rotatable bonds is 13. The number of aromatic amines is 1. The summed E-state index contributed by atoms with van der Waals surface area (Å²) < 4.78 is 6.19. The SMILES string of the molecule is C=C(NC(=O)c1ccc(Oc2ccnc3[nH]nc(NC(CC)CCCCC)c23)cc1)S/C(C)=C\C. The molecule has 3 N–H and O–H groups in total. The minimum atomic E-state index is -0.209. The van der Waals surface area contributed by atoms with Gasteiger partial charge in [-0.15, -0.1) is 0 Å². The fourth-order valence-corrected chi connectivity index (χ4v) is 4.25. The molecule has 1 aromatic carbocycles. The highest BCUT2D eigenvalue weighted by Gasteiger charge is 2.16. The predicted molar refractivity (Wildman–Crippen MR) is 146 cm³/mol. The van der Waals surface area contributed by atoms with Crippen molar-refractivity contribution in [1.82, 2.24) is 20.5 Å². The van der Waals surface area contributed by atoms with Crippen molar-refractivity contribution < 1.29 is 9.53 Å². The first-order valence-corrected chi connectivity index (χ1v) is 12.9. The lowest BCUT2D eigenvalue weighted by Gasteiger charge is -2.17. The number of hydrogen-bond acceptors (Lipinski definition) is 6. The zero-order valence-corrected chi connectivity index (χ0v) is 21.8. The molecule has 186 valence electrons. The zero-order chi connectivity index (χ0) is 25.2. The van der Waals surface area contributed by atoms with Crippen molar-refractivity contribution in [2.45, 2.75) is 65.8 Å². The summed E-state index contributed by atoms with van der Waals surface area (Å²) in [6.45, 7) is 12.2. The number of hydrogen-bond donors (Lipinski definition) is 3. The van der Waals surface area contributed by atoms with Gasteiger partial charge in [-0.05, 0) is 55.9 Å². The van der Waals surface area contributed by atoms with Gasteiger partial charge in [-0.3, -0.25) is 9.89 Å². The summed E-state index contributed by atoms with van der Waals surface area (Å²) in [4.78, 5) is 18.0. The maximum absolute atomic E-state index is 12.5. The number of aromatic nitrogens is 3. The van der Waals surface area contributed by atoms with E-state index in [1.165, 1.54) is 31.0 Å². The van der Waals surface area contributed by atoms with Crippen LogP contribution >= 0.6 is 11.8 Å². The van der Waals surface area contributed by atoms with Gasteiger partial charge in [0.25, 0.3) is 5.91 Å². The van der Waals surface area contributed by atoms with Crippen LogP contribution in [0.25, 0.3) is 11.0 Å². The van der Waals surface area contributed by atoms with Gasteiger partial charge in [0, 0.05) is 23.9 Å². The van der Waals surface area contributed by atoms with E-state index in [1.54, 1.807) is 30.5 Å². The number of anilines is 1. The number of H-pyrrole nitrogens is 1. The van der Waals surface area contributed by atoms with E-state index in [0.717, 1.165) is 29.0 Å². The molecule has 8 heteroatoms. The molecular weight excluding hydrogens is 458 g/mol. The molecule has 0 radical (unpaired) electrons. The van der Waals surface area contributed by atoms with Crippen molar-refractivity contribution in [3.8, 4) is 11.5 Å². The van der Waals surface area contributed by atoms with Crippen LogP contribution in [0.1, 0.15) is 70.2 Å². The minimum Gasteiger partial charge on any atom is -0.456 e. The number of unbranched alkanes of at least 4 members (excludes halogenated alkanes) is 2. The number of allylic oxidation sites excluding steroid dienone is 2. The van der Waals surface area contributed by atoms with Gasteiger partial charge in [0.15, 0.2) is 11.5 Å². The van der Waals surface area contributed by atoms with E-state index < -0.39 is 0 Å². The third kappa shape index (κ3) is 7.36. The van der Waals surface area contributed by atoms with Gasteiger partial charge in [-0.1, -0.05) is 57.5 Å². The van der Waals surface area contributed by atoms with Crippen molar-refractivity contribution >= 4 is 34.5 Å². The Kier molecular flexibility index (Phi) is 9.78. The Hall–Kier alpha value is -3.26. The molecule has 35 heavy (non-hydrogen) atoms. The van der Waals surface area contributed by atoms with E-state index in [2.05, 4.69) is 46.2 Å². The number of fused-ring (bicyclic) bond motifs is 1. The van der Waals surface area contributed by atoms with Crippen molar-refractivity contribution in [3.05, 3.63) is 64.7 Å². The molecule has 3 rings (SSSR count). The lowest BCUT2D eigenvalue weighted by molar-refractivity contribution is 0.0969. The molecule has 7 nitrogen and oxygen atoms in total. The molecular formula is C27H35N5O2S. The molecule has 0 saturated carbocycles. The lowest BCUT2D eigenvalue weighted by Crippen LogP contribution is -2.20. The number of carbonyl (C=O) groups excluding carboxylic acids is 1. The first-order valence-electron chi connectivity index (χ1n) is 12.1. The summed E-state index contributed by atoms with van der Waals surface area (Å²) in [7, 11) is 0. The summed E-state index contributed by atoms with van der Waals surface area (Å²) in [5.74, 6) is 1.81. The first-order chi connectivity index (χ1) is 16.9. The Balaban J connectivity index is 1.72. The molecule has 2 heterocycles. The normalized spacial score (nSPS) is 12.4. The summed E-state index contributed by atoms with van der Waals surface area (Å²) in [5.41, 5.74) is 1.19. The molecule has 0 spiro atoms. The third-order valence-corrected chi connectivity index (χ3v) is 6.61. The van der Waals surface area contributed by atoms with E-state index in [4.69, 9.17) is 4.74 Å². The van der Waals surface area contributed by atoms with E-state index in [-0.39, 0.29) is 5.91 Å². The van der Waals surface area contributed by atoms with Crippen molar-refractivity contribution in [1.29, 1.82) is 0 Å². The average Bonchev–Trinajstić information content (AvgIpc) is 3.27. The first kappa shape index (κ1) is 26.3. The van der Waals surface area contributed by atoms with Crippen LogP contribution in [0.3, 0.4) is 0 Å². The van der Waals surface area contributed by atoms with Crippen LogP contribution in [-0.4, -0.2) is 27.1 Å². The van der Waals surface area contributed by atoms with Crippen LogP contribution in [0, 0.1) is 0 Å². The molecule has 0 fully saturated rings. The molecule has 1 unspecified atom stereocenters. The second-order valence-electron chi connectivity index (χ2n) is 8.36. The van der Waals surface area contributed by atoms with Gasteiger partial charge < -0.3 is 15.4 Å². The molecule has 1 amide bonds. The van der Waals surface area contributed by atoms with Gasteiger partial charge in [0.05, 0.1) is 5.03 Å². The Morgan fingerprint density at radius 3 is 2.69 bits per heavy atom. The third-order valence-electron chi connectivity index (χ3n) is 5.70. The molecule has 0 aliphatic heterocycles. The second-order valence-corrected chi connectivity index (χ2v) is 9.70. The van der Waals surface area contributed by atoms with E-state index in [0.29, 0.717) is 33.8 Å². The van der Waals surface area contributed by atoms with Crippen LogP contribution in [0.4, 0.5) is 5.82 Å². The smallest absolute Gasteiger partial charge is 0.256 e. The molecule has 2 aromatic heterocycles. The number of pyridine rings is 1. The predicted octanol–water partition coefficient (Wildman–Crippen LogP) is 7.38. The van der Waals surface area contributed by atoms with Crippen LogP contribution in [0.15, 0.2) is 59.1 Å². The maximum atomic E-state index is 12.5. The fraction of sp³-hybridized carbons (Fsp3) is 0.370. The second kappa shape index (κ2) is 13.0. The molecule has 3 aromatic rings. The summed E-state index contributed by atoms with van der Waals surface area (Å²) in [6, 6.07) is 9.19. The number of amides is 1. The van der Waals surface area contributed by atoms with Crippen LogP contribution in [-0.2, 0) is 0 Å². The Morgan fingerprint density at radius 2 is 2.00 bits per heavy atom. The Bertz CT molecular complexity index is 1170. The van der Waals surface area contributed by atoms with Gasteiger partial charge in [0.1, 0.15) is 16.9 Å². The standard InChI is InChI=1S/C27H35N5O2S/c1-6-9-10-11-21(8-3)30-26-24-23(16-17-28-25(24)31-32-26)34-22-14-12-20(13-15-22)27(33)29-19(5)35-18(4)7-2/h7,12-17,21H,5-6,8-11H2,1-4H3,(H,29,33)(H2,28,30,31,32)/b18-7-. The molecule has 0 aliphatic carbocycles. The van der Waals surface area contributed by atoms with Crippen LogP contribution < -0.4 is 15.4 Å². The molecule has 0 bridgehead atoms. The Morgan fingerprint density at radius 1 is 1.23 bits per heavy atom. The number of benzene rings is 1. The van der Waals surface area contributed by atoms with Crippen LogP contribution in [0.2, 0.25) is 0 Å². The van der Waals surface area contributed by atoms with Gasteiger partial charge in [-0.2, -0.15) is 5.10 Å². The summed E-state index contributed by atoms with van der Waals surface area (Å²) >= 11 is 1.43. The average molecular weight is 494 g/mol. The van der Waals surface area contributed by atoms with Gasteiger partial charge in [0.2, 0.25) is 0 Å². The van der Waals surface area contributed by atoms with Crippen molar-refractivity contribution in [2.24, 2.45) is 0 Å². The quantitative estimate of drug-likeness (QED) is 0.215. The largest absolute Gasteiger partial charge is 0.456 e. The summed E-state index contributed by atoms with van der Waals surface area (Å²) in [5, 5.41) is 15.2. The van der Waals surface area contributed by atoms with Crippen LogP contribution in [0.5, 0.6) is 11.5 Å². The number of nitrogens with one attached hydrogen (secondary N) is 3. The number of thioether (sulfide) groups is 1. The van der Waals surface area contributed by atoms with E-state index in [9.17, 15) is 4.79 Å². The van der Waals surface area contributed by atoms with Gasteiger partial charge >= 0.3 is 0 Å². The number of carbonyl (C=O) groups is 1. The highest BCUT2D eigenvalue weighted by atomic mass is 32.2. The highest BCUT2D eigenvalue weighted by Crippen LogP contribution is 2.33. The van der Waals surface area contributed by atoms with E-state index >= 15 is 0 Å². The zero-order valence-electron chi connectivity index (χ0n) is 21.0. The van der Waals surface area contributed by atoms with Gasteiger partial charge in [-0.25, -0.2) is 4.98 Å². The maximum Gasteiger partial charge on any atom is 0.256 e. The number of nitrogens with zero attached hydrogens (tertiary/aromatic N) is 2. The monoisotopic (exact) mass is 493 g/mol. The molecule has 0 saturated heterocycles. The van der Waals surface area contributed by atoms with Crippen molar-refractivity contribution in [2.75, 3.05) is 5.32 Å². The number of ether oxygens (including phenoxy) is 1. The van der Waals surface area contributed by atoms with E-state index in [1.807, 2.05) is 26.0 Å². The molecule has 0 aliphatic rings. The summed E-state index contributed by atoms with van der Waals surface area (Å²) in [6.07, 6.45) is 9.39. The fourth-order valence-electron chi connectivity index (χ4n) is 3.60. The molecule has 1 atom stereocenters. The Labute approximate surface area is 211 Å². The lowest BCUT2D eigenvalue weighted by atomic mass is 10.1. The highest BCUT2D eigenvalue weighted by molar-refractivity contribution is 8.06. The van der Waals surface area contributed by atoms with Crippen molar-refractivity contribution in [3.63, 3.8) is 0 Å². The minimum absolute atomic E-state index is 0.209.